The summed E-state index contributed by atoms with van der Waals surface area (Å²) >= 11 is 0. The summed E-state index contributed by atoms with van der Waals surface area (Å²) in [5.41, 5.74) is 1.01. The molecule has 0 aromatic carbocycles. The first-order chi connectivity index (χ1) is 7.99. The summed E-state index contributed by atoms with van der Waals surface area (Å²) < 4.78 is 0. The lowest BCUT2D eigenvalue weighted by molar-refractivity contribution is 0.706. The fourth-order valence-corrected chi connectivity index (χ4v) is 1.77. The molecule has 0 radical (unpaired) electrons. The Morgan fingerprint density at radius 1 is 1.41 bits per heavy atom. The molecule has 0 saturated carbocycles. The predicted molar refractivity (Wildman–Crippen MR) is 69.1 cm³/mol. The van der Waals surface area contributed by atoms with Gasteiger partial charge < -0.3 is 10.2 Å². The normalized spacial score (nSPS) is 11.8. The van der Waals surface area contributed by atoms with Crippen LogP contribution in [0.2, 0.25) is 0 Å². The lowest BCUT2D eigenvalue weighted by atomic mass is 10.2. The van der Waals surface area contributed by atoms with Crippen LogP contribution in [-0.2, 0) is 0 Å². The highest BCUT2D eigenvalue weighted by Gasteiger charge is 2.14. The van der Waals surface area contributed by atoms with Gasteiger partial charge in [-0.2, -0.15) is 5.26 Å². The summed E-state index contributed by atoms with van der Waals surface area (Å²) in [5.74, 6) is 2.42. The van der Waals surface area contributed by atoms with Crippen LogP contribution in [-0.4, -0.2) is 30.6 Å². The maximum absolute atomic E-state index is 8.83. The van der Waals surface area contributed by atoms with E-state index in [-0.39, 0.29) is 5.92 Å². The van der Waals surface area contributed by atoms with E-state index in [1.54, 1.807) is 0 Å². The van der Waals surface area contributed by atoms with Gasteiger partial charge in [-0.05, 0) is 20.8 Å². The van der Waals surface area contributed by atoms with Crippen LogP contribution >= 0.6 is 0 Å². The second-order valence-electron chi connectivity index (χ2n) is 4.23. The van der Waals surface area contributed by atoms with Gasteiger partial charge in [-0.1, -0.05) is 0 Å². The van der Waals surface area contributed by atoms with Crippen LogP contribution in [0.5, 0.6) is 0 Å². The summed E-state index contributed by atoms with van der Waals surface area (Å²) in [5, 5.41) is 11.9. The van der Waals surface area contributed by atoms with E-state index in [9.17, 15) is 0 Å². The number of rotatable bonds is 4. The van der Waals surface area contributed by atoms with Crippen LogP contribution in [0.3, 0.4) is 0 Å². The van der Waals surface area contributed by atoms with Crippen LogP contribution in [0.15, 0.2) is 0 Å². The van der Waals surface area contributed by atoms with Crippen LogP contribution in [0, 0.1) is 31.1 Å². The molecule has 1 aromatic heterocycles. The summed E-state index contributed by atoms with van der Waals surface area (Å²) in [7, 11) is 3.79. The van der Waals surface area contributed by atoms with Crippen molar-refractivity contribution >= 4 is 11.6 Å². The minimum Gasteiger partial charge on any atom is -0.373 e. The van der Waals surface area contributed by atoms with Gasteiger partial charge in [-0.3, -0.25) is 0 Å². The smallest absolute Gasteiger partial charge is 0.137 e. The van der Waals surface area contributed by atoms with Gasteiger partial charge in [0.2, 0.25) is 0 Å². The molecule has 17 heavy (non-hydrogen) atoms. The maximum Gasteiger partial charge on any atom is 0.137 e. The van der Waals surface area contributed by atoms with E-state index < -0.39 is 0 Å². The van der Waals surface area contributed by atoms with Crippen molar-refractivity contribution in [2.24, 2.45) is 5.92 Å². The molecule has 0 spiro atoms. The third kappa shape index (κ3) is 3.06. The van der Waals surface area contributed by atoms with Crippen molar-refractivity contribution in [1.29, 1.82) is 5.26 Å². The maximum atomic E-state index is 8.83. The van der Waals surface area contributed by atoms with Crippen LogP contribution in [0.1, 0.15) is 18.3 Å². The van der Waals surface area contributed by atoms with Gasteiger partial charge in [0.25, 0.3) is 0 Å². The van der Waals surface area contributed by atoms with Gasteiger partial charge in [-0.15, -0.1) is 0 Å². The molecule has 5 heteroatoms. The fourth-order valence-electron chi connectivity index (χ4n) is 1.77. The Bertz CT molecular complexity index is 435. The summed E-state index contributed by atoms with van der Waals surface area (Å²) in [6.45, 7) is 6.41. The van der Waals surface area contributed by atoms with Gasteiger partial charge in [0.1, 0.15) is 17.5 Å². The van der Waals surface area contributed by atoms with Gasteiger partial charge in [0.05, 0.1) is 12.0 Å². The molecule has 5 nitrogen and oxygen atoms in total. The Morgan fingerprint density at radius 3 is 2.59 bits per heavy atom. The Balaban J connectivity index is 3.05. The molecule has 0 saturated heterocycles. The van der Waals surface area contributed by atoms with E-state index in [0.29, 0.717) is 6.54 Å². The van der Waals surface area contributed by atoms with Gasteiger partial charge in [0.15, 0.2) is 0 Å². The van der Waals surface area contributed by atoms with Crippen molar-refractivity contribution in [3.05, 3.63) is 11.4 Å². The highest BCUT2D eigenvalue weighted by molar-refractivity contribution is 5.58. The van der Waals surface area contributed by atoms with E-state index in [2.05, 4.69) is 21.4 Å². The average molecular weight is 233 g/mol. The topological polar surface area (TPSA) is 64.8 Å². The zero-order valence-corrected chi connectivity index (χ0v) is 11.1. The van der Waals surface area contributed by atoms with Crippen LogP contribution in [0.4, 0.5) is 11.6 Å². The number of nitrogens with zero attached hydrogens (tertiary/aromatic N) is 4. The van der Waals surface area contributed by atoms with E-state index >= 15 is 0 Å². The molecule has 0 bridgehead atoms. The molecule has 0 aliphatic carbocycles. The zero-order chi connectivity index (χ0) is 13.0. The summed E-state index contributed by atoms with van der Waals surface area (Å²) in [6.07, 6.45) is 0. The fraction of sp³-hybridized carbons (Fsp3) is 0.583. The number of aromatic nitrogens is 2. The molecule has 1 unspecified atom stereocenters. The molecule has 1 N–H and O–H groups in total. The largest absolute Gasteiger partial charge is 0.373 e. The molecule has 0 fully saturated rings. The minimum atomic E-state index is -0.0206. The highest BCUT2D eigenvalue weighted by atomic mass is 15.2. The summed E-state index contributed by atoms with van der Waals surface area (Å²) in [6, 6.07) is 2.23. The number of aryl methyl sites for hydroxylation is 1. The molecule has 1 atom stereocenters. The lowest BCUT2D eigenvalue weighted by Gasteiger charge is -2.22. The lowest BCUT2D eigenvalue weighted by Crippen LogP contribution is -2.25. The number of hydrogen-bond acceptors (Lipinski definition) is 5. The molecular weight excluding hydrogens is 214 g/mol. The number of nitriles is 1. The van der Waals surface area contributed by atoms with Crippen molar-refractivity contribution in [3.8, 4) is 6.07 Å². The standard InChI is InChI=1S/C12H19N5/c1-8(6-13)7-17(5)12-9(2)11(14-4)15-10(3)16-12/h8H,7H2,1-5H3,(H,14,15,16). The number of anilines is 2. The van der Waals surface area contributed by atoms with E-state index in [1.807, 2.05) is 39.8 Å². The van der Waals surface area contributed by atoms with E-state index in [1.165, 1.54) is 0 Å². The molecule has 0 aliphatic rings. The first-order valence-corrected chi connectivity index (χ1v) is 5.63. The SMILES string of the molecule is CNc1nc(C)nc(N(C)CC(C)C#N)c1C. The molecule has 0 amide bonds. The Labute approximate surface area is 102 Å². The zero-order valence-electron chi connectivity index (χ0n) is 11.1. The first-order valence-electron chi connectivity index (χ1n) is 5.63. The predicted octanol–water partition coefficient (Wildman–Crippen LogP) is 1.73. The van der Waals surface area contributed by atoms with Crippen molar-refractivity contribution in [1.82, 2.24) is 9.97 Å². The third-order valence-electron chi connectivity index (χ3n) is 2.60. The monoisotopic (exact) mass is 233 g/mol. The van der Waals surface area contributed by atoms with Crippen LogP contribution in [0.25, 0.3) is 0 Å². The van der Waals surface area contributed by atoms with Crippen molar-refractivity contribution in [2.45, 2.75) is 20.8 Å². The molecular formula is C12H19N5. The molecule has 92 valence electrons. The van der Waals surface area contributed by atoms with Crippen molar-refractivity contribution < 1.29 is 0 Å². The number of nitrogens with one attached hydrogen (secondary N) is 1. The highest BCUT2D eigenvalue weighted by Crippen LogP contribution is 2.22. The average Bonchev–Trinajstić information content (AvgIpc) is 2.31. The van der Waals surface area contributed by atoms with Gasteiger partial charge in [-0.25, -0.2) is 9.97 Å². The van der Waals surface area contributed by atoms with Gasteiger partial charge in [0, 0.05) is 26.2 Å². The second-order valence-corrected chi connectivity index (χ2v) is 4.23. The molecule has 1 aromatic rings. The number of hydrogen-bond donors (Lipinski definition) is 1. The Kier molecular flexibility index (Phi) is 4.27. The van der Waals surface area contributed by atoms with Crippen molar-refractivity contribution in [3.63, 3.8) is 0 Å². The second kappa shape index (κ2) is 5.48. The minimum absolute atomic E-state index is 0.0206. The quantitative estimate of drug-likeness (QED) is 0.858. The third-order valence-corrected chi connectivity index (χ3v) is 2.60. The van der Waals surface area contributed by atoms with Crippen LogP contribution < -0.4 is 10.2 Å². The Hall–Kier alpha value is -1.83. The first kappa shape index (κ1) is 13.2. The molecule has 1 heterocycles. The summed E-state index contributed by atoms with van der Waals surface area (Å²) in [4.78, 5) is 10.8. The van der Waals surface area contributed by atoms with E-state index in [0.717, 1.165) is 23.0 Å². The van der Waals surface area contributed by atoms with Gasteiger partial charge >= 0.3 is 0 Å². The van der Waals surface area contributed by atoms with E-state index in [4.69, 9.17) is 5.26 Å². The van der Waals surface area contributed by atoms with Crippen molar-refractivity contribution in [2.75, 3.05) is 30.9 Å². The molecule has 0 aliphatic heterocycles. The Morgan fingerprint density at radius 2 is 2.06 bits per heavy atom. The molecule has 1 rings (SSSR count).